The molecule has 0 saturated carbocycles. The molecule has 0 aliphatic carbocycles. The van der Waals surface area contributed by atoms with Gasteiger partial charge in [0.2, 0.25) is 0 Å². The van der Waals surface area contributed by atoms with E-state index in [2.05, 4.69) is 20.6 Å². The van der Waals surface area contributed by atoms with Gasteiger partial charge < -0.3 is 20.0 Å². The molecule has 0 saturated heterocycles. The van der Waals surface area contributed by atoms with Crippen molar-refractivity contribution in [2.24, 2.45) is 0 Å². The third-order valence-corrected chi connectivity index (χ3v) is 4.04. The summed E-state index contributed by atoms with van der Waals surface area (Å²) in [5.41, 5.74) is 3.19. The summed E-state index contributed by atoms with van der Waals surface area (Å²) in [6.07, 6.45) is 5.07. The van der Waals surface area contributed by atoms with Crippen LogP contribution in [-0.4, -0.2) is 48.0 Å². The van der Waals surface area contributed by atoms with Gasteiger partial charge in [0, 0.05) is 42.3 Å². The van der Waals surface area contributed by atoms with Crippen LogP contribution in [0.4, 0.5) is 11.7 Å². The predicted molar refractivity (Wildman–Crippen MR) is 105 cm³/mol. The highest BCUT2D eigenvalue weighted by atomic mass is 16.4. The number of pyridine rings is 1. The normalized spacial score (nSPS) is 10.8. The Kier molecular flexibility index (Phi) is 5.83. The van der Waals surface area contributed by atoms with Crippen molar-refractivity contribution in [3.63, 3.8) is 0 Å². The van der Waals surface area contributed by atoms with Crippen LogP contribution in [0.15, 0.2) is 53.3 Å². The molecule has 0 spiro atoms. The van der Waals surface area contributed by atoms with Crippen molar-refractivity contribution in [3.05, 3.63) is 60.0 Å². The first-order chi connectivity index (χ1) is 13.0. The number of rotatable bonds is 7. The number of carbonyl (C=O) groups is 1. The van der Waals surface area contributed by atoms with E-state index in [0.717, 1.165) is 23.4 Å². The van der Waals surface area contributed by atoms with Gasteiger partial charge in [0.05, 0.1) is 6.20 Å². The number of carbonyl (C=O) groups excluding carboxylic acids is 1. The lowest BCUT2D eigenvalue weighted by Gasteiger charge is -2.12. The maximum atomic E-state index is 12.3. The molecule has 3 rings (SSSR count). The number of aromatic nitrogens is 2. The van der Waals surface area contributed by atoms with Crippen LogP contribution < -0.4 is 10.6 Å². The van der Waals surface area contributed by atoms with Crippen LogP contribution in [0, 0.1) is 6.92 Å². The zero-order valence-electron chi connectivity index (χ0n) is 15.7. The Morgan fingerprint density at radius 2 is 2.07 bits per heavy atom. The Morgan fingerprint density at radius 3 is 2.81 bits per heavy atom. The van der Waals surface area contributed by atoms with E-state index in [9.17, 15) is 4.79 Å². The second kappa shape index (κ2) is 8.46. The molecule has 0 radical (unpaired) electrons. The number of aryl methyl sites for hydroxylation is 1. The van der Waals surface area contributed by atoms with Gasteiger partial charge in [0.1, 0.15) is 0 Å². The van der Waals surface area contributed by atoms with E-state index in [1.54, 1.807) is 24.7 Å². The molecule has 0 aliphatic heterocycles. The standard InChI is InChI=1S/C20H23N5O2/c1-14-6-7-15(19(26)22-9-10-25(2)3)11-17(14)24-20-23-13-18(27-20)16-5-4-8-21-12-16/h4-8,11-13H,9-10H2,1-3H3,(H,22,26)(H,23,24). The van der Waals surface area contributed by atoms with Gasteiger partial charge in [-0.2, -0.15) is 0 Å². The summed E-state index contributed by atoms with van der Waals surface area (Å²) in [5, 5.41) is 6.06. The van der Waals surface area contributed by atoms with Crippen LogP contribution in [0.3, 0.4) is 0 Å². The zero-order valence-corrected chi connectivity index (χ0v) is 15.7. The maximum absolute atomic E-state index is 12.3. The maximum Gasteiger partial charge on any atom is 0.299 e. The van der Waals surface area contributed by atoms with Crippen molar-refractivity contribution < 1.29 is 9.21 Å². The number of amides is 1. The number of nitrogens with zero attached hydrogens (tertiary/aromatic N) is 3. The first-order valence-corrected chi connectivity index (χ1v) is 8.70. The summed E-state index contributed by atoms with van der Waals surface area (Å²) in [4.78, 5) is 22.7. The summed E-state index contributed by atoms with van der Waals surface area (Å²) in [6, 6.07) is 9.61. The van der Waals surface area contributed by atoms with E-state index in [4.69, 9.17) is 4.42 Å². The van der Waals surface area contributed by atoms with E-state index in [1.165, 1.54) is 0 Å². The molecular formula is C20H23N5O2. The average Bonchev–Trinajstić information content (AvgIpc) is 3.12. The SMILES string of the molecule is Cc1ccc(C(=O)NCCN(C)C)cc1Nc1ncc(-c2cccnc2)o1. The minimum atomic E-state index is -0.108. The summed E-state index contributed by atoms with van der Waals surface area (Å²) in [5.74, 6) is 0.518. The minimum absolute atomic E-state index is 0.108. The summed E-state index contributed by atoms with van der Waals surface area (Å²) < 4.78 is 5.75. The molecule has 140 valence electrons. The van der Waals surface area contributed by atoms with Gasteiger partial charge in [-0.3, -0.25) is 9.78 Å². The molecule has 0 unspecified atom stereocenters. The van der Waals surface area contributed by atoms with Gasteiger partial charge in [-0.15, -0.1) is 0 Å². The third-order valence-electron chi connectivity index (χ3n) is 4.04. The Balaban J connectivity index is 1.72. The highest BCUT2D eigenvalue weighted by Crippen LogP contribution is 2.25. The molecule has 2 aromatic heterocycles. The summed E-state index contributed by atoms with van der Waals surface area (Å²) >= 11 is 0. The molecule has 2 N–H and O–H groups in total. The van der Waals surface area contributed by atoms with Crippen molar-refractivity contribution >= 4 is 17.6 Å². The van der Waals surface area contributed by atoms with Gasteiger partial charge in [0.25, 0.3) is 11.9 Å². The quantitative estimate of drug-likeness (QED) is 0.669. The fourth-order valence-corrected chi connectivity index (χ4v) is 2.48. The van der Waals surface area contributed by atoms with E-state index in [1.807, 2.05) is 50.2 Å². The largest absolute Gasteiger partial charge is 0.423 e. The summed E-state index contributed by atoms with van der Waals surface area (Å²) in [6.45, 7) is 3.34. The van der Waals surface area contributed by atoms with Crippen molar-refractivity contribution in [1.82, 2.24) is 20.2 Å². The smallest absolute Gasteiger partial charge is 0.299 e. The van der Waals surface area contributed by atoms with Gasteiger partial charge in [-0.25, -0.2) is 4.98 Å². The monoisotopic (exact) mass is 365 g/mol. The van der Waals surface area contributed by atoms with E-state index >= 15 is 0 Å². The van der Waals surface area contributed by atoms with Gasteiger partial charge in [-0.1, -0.05) is 6.07 Å². The molecule has 0 fully saturated rings. The minimum Gasteiger partial charge on any atom is -0.423 e. The van der Waals surface area contributed by atoms with Crippen LogP contribution in [0.1, 0.15) is 15.9 Å². The van der Waals surface area contributed by atoms with E-state index < -0.39 is 0 Å². The molecule has 3 aromatic rings. The molecule has 27 heavy (non-hydrogen) atoms. The molecule has 0 atom stereocenters. The molecular weight excluding hydrogens is 342 g/mol. The van der Waals surface area contributed by atoms with Gasteiger partial charge >= 0.3 is 0 Å². The fraction of sp³-hybridized carbons (Fsp3) is 0.250. The highest BCUT2D eigenvalue weighted by molar-refractivity contribution is 5.95. The lowest BCUT2D eigenvalue weighted by Crippen LogP contribution is -2.31. The van der Waals surface area contributed by atoms with Crippen molar-refractivity contribution in [3.8, 4) is 11.3 Å². The molecule has 7 nitrogen and oxygen atoms in total. The van der Waals surface area contributed by atoms with Gasteiger partial charge in [0.15, 0.2) is 5.76 Å². The average molecular weight is 365 g/mol. The van der Waals surface area contributed by atoms with Crippen molar-refractivity contribution in [2.45, 2.75) is 6.92 Å². The molecule has 1 amide bonds. The number of hydrogen-bond donors (Lipinski definition) is 2. The van der Waals surface area contributed by atoms with Crippen LogP contribution in [0.5, 0.6) is 0 Å². The first-order valence-electron chi connectivity index (χ1n) is 8.70. The van der Waals surface area contributed by atoms with Gasteiger partial charge in [-0.05, 0) is 50.8 Å². The van der Waals surface area contributed by atoms with Crippen LogP contribution in [0.2, 0.25) is 0 Å². The third kappa shape index (κ3) is 4.92. The number of likely N-dealkylation sites (N-methyl/N-ethyl adjacent to an activating group) is 1. The number of nitrogens with one attached hydrogen (secondary N) is 2. The Labute approximate surface area is 158 Å². The van der Waals surface area contributed by atoms with Crippen molar-refractivity contribution in [2.75, 3.05) is 32.5 Å². The second-order valence-corrected chi connectivity index (χ2v) is 6.49. The summed E-state index contributed by atoms with van der Waals surface area (Å²) in [7, 11) is 3.94. The number of hydrogen-bond acceptors (Lipinski definition) is 6. The Morgan fingerprint density at radius 1 is 1.22 bits per heavy atom. The zero-order chi connectivity index (χ0) is 19.2. The van der Waals surface area contributed by atoms with E-state index in [-0.39, 0.29) is 5.91 Å². The fourth-order valence-electron chi connectivity index (χ4n) is 2.48. The Bertz CT molecular complexity index is 906. The molecule has 0 aliphatic rings. The number of benzene rings is 1. The number of oxazole rings is 1. The van der Waals surface area contributed by atoms with Crippen molar-refractivity contribution in [1.29, 1.82) is 0 Å². The molecule has 1 aromatic carbocycles. The van der Waals surface area contributed by atoms with Crippen LogP contribution >= 0.6 is 0 Å². The molecule has 7 heteroatoms. The van der Waals surface area contributed by atoms with Crippen LogP contribution in [-0.2, 0) is 0 Å². The lowest BCUT2D eigenvalue weighted by molar-refractivity contribution is 0.0951. The second-order valence-electron chi connectivity index (χ2n) is 6.49. The Hall–Kier alpha value is -3.19. The highest BCUT2D eigenvalue weighted by Gasteiger charge is 2.11. The lowest BCUT2D eigenvalue weighted by atomic mass is 10.1. The van der Waals surface area contributed by atoms with E-state index in [0.29, 0.717) is 23.9 Å². The first kappa shape index (κ1) is 18.6. The predicted octanol–water partition coefficient (Wildman–Crippen LogP) is 3.08. The van der Waals surface area contributed by atoms with Crippen LogP contribution in [0.25, 0.3) is 11.3 Å². The molecule has 0 bridgehead atoms. The molecule has 2 heterocycles. The topological polar surface area (TPSA) is 83.3 Å². The number of anilines is 2.